The number of fused-ring (bicyclic) bond motifs is 3. The van der Waals surface area contributed by atoms with E-state index in [2.05, 4.69) is 115 Å². The summed E-state index contributed by atoms with van der Waals surface area (Å²) in [5.41, 5.74) is 11.5. The third kappa shape index (κ3) is 4.09. The van der Waals surface area contributed by atoms with Gasteiger partial charge >= 0.3 is 0 Å². The molecule has 0 saturated heterocycles. The minimum Gasteiger partial charge on any atom is -0.260 e. The van der Waals surface area contributed by atoms with Gasteiger partial charge in [0.25, 0.3) is 0 Å². The van der Waals surface area contributed by atoms with Crippen LogP contribution in [0.5, 0.6) is 0 Å². The molecule has 43 heavy (non-hydrogen) atoms. The normalized spacial score (nSPS) is 15.1. The lowest BCUT2D eigenvalue weighted by atomic mass is 9.70. The summed E-state index contributed by atoms with van der Waals surface area (Å²) < 4.78 is 0. The molecule has 202 valence electrons. The minimum absolute atomic E-state index is 0.525. The van der Waals surface area contributed by atoms with Crippen LogP contribution in [0.25, 0.3) is 45.0 Å². The van der Waals surface area contributed by atoms with E-state index in [-0.39, 0.29) is 0 Å². The molecule has 1 unspecified atom stereocenters. The van der Waals surface area contributed by atoms with Gasteiger partial charge in [0.15, 0.2) is 5.82 Å². The molecule has 1 aliphatic carbocycles. The summed E-state index contributed by atoms with van der Waals surface area (Å²) in [4.78, 5) is 15.1. The Bertz CT molecular complexity index is 1960. The molecule has 7 aromatic rings. The Morgan fingerprint density at radius 2 is 1.02 bits per heavy atom. The molecule has 0 saturated carbocycles. The van der Waals surface area contributed by atoms with Crippen molar-refractivity contribution >= 4 is 0 Å². The van der Waals surface area contributed by atoms with Gasteiger partial charge in [0, 0.05) is 22.9 Å². The summed E-state index contributed by atoms with van der Waals surface area (Å²) >= 11 is 0. The van der Waals surface area contributed by atoms with Crippen molar-refractivity contribution in [2.24, 2.45) is 0 Å². The number of hydrogen-bond donors (Lipinski definition) is 0. The third-order valence-electron chi connectivity index (χ3n) is 8.42. The first-order valence-electron chi connectivity index (χ1n) is 14.5. The number of benzene rings is 5. The highest BCUT2D eigenvalue weighted by Gasteiger charge is 2.47. The second-order valence-electron chi connectivity index (χ2n) is 10.8. The monoisotopic (exact) mass is 549 g/mol. The Hall–Kier alpha value is -5.67. The number of hydrogen-bond acceptors (Lipinski definition) is 3. The fraction of sp³-hybridized carbons (Fsp3) is 0.0250. The van der Waals surface area contributed by atoms with Crippen LogP contribution in [0.4, 0.5) is 0 Å². The number of aromatic nitrogens is 3. The molecule has 0 N–H and O–H groups in total. The van der Waals surface area contributed by atoms with E-state index in [9.17, 15) is 0 Å². The standard InChI is InChI=1S/C40H27N3/c1-4-14-28(15-5-1)36-27-37(43-39(42-36)29-16-6-2-7-17-29)30-23-24-35-33(26-30)32-20-10-11-21-34(32)40(35,31-18-8-3-9-19-31)38-22-12-13-25-41-38/h1-27H. The average molecular weight is 550 g/mol. The molecule has 3 heteroatoms. The highest BCUT2D eigenvalue weighted by molar-refractivity contribution is 5.88. The lowest BCUT2D eigenvalue weighted by Crippen LogP contribution is -2.29. The molecule has 3 nitrogen and oxygen atoms in total. The van der Waals surface area contributed by atoms with Gasteiger partial charge in [-0.2, -0.15) is 0 Å². The van der Waals surface area contributed by atoms with Gasteiger partial charge in [0.1, 0.15) is 0 Å². The molecular formula is C40H27N3. The predicted octanol–water partition coefficient (Wildman–Crippen LogP) is 9.24. The van der Waals surface area contributed by atoms with Crippen LogP contribution in [0.2, 0.25) is 0 Å². The van der Waals surface area contributed by atoms with Gasteiger partial charge in [-0.15, -0.1) is 0 Å². The Balaban J connectivity index is 1.38. The van der Waals surface area contributed by atoms with E-state index in [0.717, 1.165) is 33.8 Å². The summed E-state index contributed by atoms with van der Waals surface area (Å²) in [6.07, 6.45) is 1.89. The van der Waals surface area contributed by atoms with Gasteiger partial charge in [-0.05, 0) is 52.1 Å². The van der Waals surface area contributed by atoms with Crippen molar-refractivity contribution in [3.63, 3.8) is 0 Å². The smallest absolute Gasteiger partial charge is 0.160 e. The van der Waals surface area contributed by atoms with Crippen LogP contribution in [0.1, 0.15) is 22.4 Å². The highest BCUT2D eigenvalue weighted by atomic mass is 14.9. The largest absolute Gasteiger partial charge is 0.260 e. The van der Waals surface area contributed by atoms with Crippen LogP contribution < -0.4 is 0 Å². The van der Waals surface area contributed by atoms with Crippen LogP contribution >= 0.6 is 0 Å². The quantitative estimate of drug-likeness (QED) is 0.215. The van der Waals surface area contributed by atoms with Gasteiger partial charge < -0.3 is 0 Å². The lowest BCUT2D eigenvalue weighted by Gasteiger charge is -2.32. The van der Waals surface area contributed by atoms with E-state index < -0.39 is 5.41 Å². The molecule has 1 aliphatic rings. The zero-order valence-corrected chi connectivity index (χ0v) is 23.4. The number of rotatable bonds is 5. The molecule has 0 bridgehead atoms. The molecule has 0 spiro atoms. The first-order chi connectivity index (χ1) is 21.3. The topological polar surface area (TPSA) is 38.7 Å². The van der Waals surface area contributed by atoms with Crippen LogP contribution in [-0.4, -0.2) is 15.0 Å². The summed E-state index contributed by atoms with van der Waals surface area (Å²) in [5.74, 6) is 0.713. The van der Waals surface area contributed by atoms with Crippen LogP contribution in [-0.2, 0) is 5.41 Å². The maximum Gasteiger partial charge on any atom is 0.160 e. The van der Waals surface area contributed by atoms with Crippen LogP contribution in [0.3, 0.4) is 0 Å². The summed E-state index contributed by atoms with van der Waals surface area (Å²) in [7, 11) is 0. The van der Waals surface area contributed by atoms with Crippen molar-refractivity contribution in [3.8, 4) is 45.0 Å². The van der Waals surface area contributed by atoms with Crippen molar-refractivity contribution in [2.75, 3.05) is 0 Å². The predicted molar refractivity (Wildman–Crippen MR) is 173 cm³/mol. The average Bonchev–Trinajstić information content (AvgIpc) is 3.40. The second kappa shape index (κ2) is 10.3. The Kier molecular flexibility index (Phi) is 6.01. The number of nitrogens with zero attached hydrogens (tertiary/aromatic N) is 3. The molecule has 0 amide bonds. The van der Waals surface area contributed by atoms with Crippen molar-refractivity contribution in [1.29, 1.82) is 0 Å². The zero-order valence-electron chi connectivity index (χ0n) is 23.4. The fourth-order valence-electron chi connectivity index (χ4n) is 6.52. The summed E-state index contributed by atoms with van der Waals surface area (Å²) in [6.45, 7) is 0. The van der Waals surface area contributed by atoms with Gasteiger partial charge in [-0.25, -0.2) is 9.97 Å². The van der Waals surface area contributed by atoms with E-state index in [1.165, 1.54) is 27.8 Å². The van der Waals surface area contributed by atoms with Crippen molar-refractivity contribution in [3.05, 3.63) is 186 Å². The van der Waals surface area contributed by atoms with Gasteiger partial charge in [-0.3, -0.25) is 4.98 Å². The van der Waals surface area contributed by atoms with E-state index in [1.807, 2.05) is 48.7 Å². The maximum absolute atomic E-state index is 5.11. The fourth-order valence-corrected chi connectivity index (χ4v) is 6.52. The van der Waals surface area contributed by atoms with Crippen molar-refractivity contribution < 1.29 is 0 Å². The molecule has 2 aromatic heterocycles. The molecule has 0 aliphatic heterocycles. The highest BCUT2D eigenvalue weighted by Crippen LogP contribution is 2.56. The number of pyridine rings is 1. The van der Waals surface area contributed by atoms with Crippen LogP contribution in [0.15, 0.2) is 164 Å². The van der Waals surface area contributed by atoms with Gasteiger partial charge in [0.2, 0.25) is 0 Å². The molecule has 2 heterocycles. The molecule has 0 radical (unpaired) electrons. The molecule has 5 aromatic carbocycles. The van der Waals surface area contributed by atoms with Gasteiger partial charge in [0.05, 0.1) is 22.5 Å². The summed E-state index contributed by atoms with van der Waals surface area (Å²) in [6, 6.07) is 55.1. The Morgan fingerprint density at radius 3 is 1.74 bits per heavy atom. The Morgan fingerprint density at radius 1 is 0.419 bits per heavy atom. The molecule has 1 atom stereocenters. The third-order valence-corrected chi connectivity index (χ3v) is 8.42. The SMILES string of the molecule is c1ccc(-c2cc(-c3ccc4c(c3)-c3ccccc3C4(c3ccccc3)c3ccccn3)nc(-c3ccccc3)n2)cc1. The second-order valence-corrected chi connectivity index (χ2v) is 10.8. The van der Waals surface area contributed by atoms with E-state index >= 15 is 0 Å². The van der Waals surface area contributed by atoms with E-state index in [1.54, 1.807) is 0 Å². The van der Waals surface area contributed by atoms with Crippen molar-refractivity contribution in [2.45, 2.75) is 5.41 Å². The summed E-state index contributed by atoms with van der Waals surface area (Å²) in [5, 5.41) is 0. The first kappa shape index (κ1) is 25.1. The molecule has 8 rings (SSSR count). The first-order valence-corrected chi connectivity index (χ1v) is 14.5. The van der Waals surface area contributed by atoms with Crippen molar-refractivity contribution in [1.82, 2.24) is 15.0 Å². The maximum atomic E-state index is 5.11. The zero-order chi connectivity index (χ0) is 28.6. The van der Waals surface area contributed by atoms with Gasteiger partial charge in [-0.1, -0.05) is 133 Å². The minimum atomic E-state index is -0.525. The molecular weight excluding hydrogens is 522 g/mol. The van der Waals surface area contributed by atoms with E-state index in [4.69, 9.17) is 15.0 Å². The lowest BCUT2D eigenvalue weighted by molar-refractivity contribution is 0.735. The van der Waals surface area contributed by atoms with Crippen LogP contribution in [0, 0.1) is 0 Å². The van der Waals surface area contributed by atoms with E-state index in [0.29, 0.717) is 5.82 Å². The molecule has 0 fully saturated rings. The Labute approximate surface area is 251 Å².